The molecule has 0 spiro atoms. The van der Waals surface area contributed by atoms with Crippen LogP contribution in [0, 0.1) is 0 Å². The molecule has 0 unspecified atom stereocenters. The van der Waals surface area contributed by atoms with Crippen LogP contribution in [0.3, 0.4) is 0 Å². The number of benzene rings is 1. The van der Waals surface area contributed by atoms with Crippen molar-refractivity contribution in [1.29, 1.82) is 0 Å². The number of carbonyl (C=O) groups excluding carboxylic acids is 1. The maximum absolute atomic E-state index is 10.0. The van der Waals surface area contributed by atoms with Crippen molar-refractivity contribution < 1.29 is 18.1 Å². The second kappa shape index (κ2) is 9.05. The molecule has 1 rings (SSSR count). The van der Waals surface area contributed by atoms with Gasteiger partial charge >= 0.3 is 116 Å². The molecule has 1 aromatic carbocycles. The summed E-state index contributed by atoms with van der Waals surface area (Å²) in [5, 5.41) is 0. The molecule has 18 heavy (non-hydrogen) atoms. The summed E-state index contributed by atoms with van der Waals surface area (Å²) >= 11 is -2.99. The molecule has 0 radical (unpaired) electrons. The van der Waals surface area contributed by atoms with Crippen LogP contribution in [0.25, 0.3) is 0 Å². The zero-order valence-corrected chi connectivity index (χ0v) is 13.7. The van der Waals surface area contributed by atoms with Crippen LogP contribution in [-0.4, -0.2) is 49.0 Å². The summed E-state index contributed by atoms with van der Waals surface area (Å²) in [5.74, 6) is 3.09. The molecule has 0 heterocycles. The van der Waals surface area contributed by atoms with Gasteiger partial charge in [-0.15, -0.1) is 0 Å². The molecule has 0 bridgehead atoms. The molecule has 0 aliphatic carbocycles. The Bertz CT molecular complexity index is 386. The first kappa shape index (κ1) is 15.1. The number of rotatable bonds is 8. The second-order valence-electron chi connectivity index (χ2n) is 3.19. The second-order valence-corrected chi connectivity index (χ2v) is 7.42. The molecule has 96 valence electrons. The van der Waals surface area contributed by atoms with E-state index in [1.807, 2.05) is 6.92 Å². The molecule has 0 fully saturated rings. The summed E-state index contributed by atoms with van der Waals surface area (Å²) in [6, 6.07) is 7.19. The molecule has 0 aromatic heterocycles. The Morgan fingerprint density at radius 3 is 2.44 bits per heavy atom. The van der Waals surface area contributed by atoms with Gasteiger partial charge in [0.2, 0.25) is 0 Å². The molecule has 0 aliphatic heterocycles. The SMILES string of the molecule is CC[O][In]([O]CC=C=O)[O]c1ccc(OC)cc1. The molecular formula is C12H15InO5. The van der Waals surface area contributed by atoms with E-state index in [1.54, 1.807) is 37.3 Å². The van der Waals surface area contributed by atoms with Crippen LogP contribution in [0.15, 0.2) is 30.3 Å². The third-order valence-electron chi connectivity index (χ3n) is 1.99. The van der Waals surface area contributed by atoms with Crippen LogP contribution >= 0.6 is 0 Å². The summed E-state index contributed by atoms with van der Waals surface area (Å²) in [6.45, 7) is 2.59. The Labute approximate surface area is 116 Å². The fourth-order valence-electron chi connectivity index (χ4n) is 1.18. The molecule has 0 atom stereocenters. The van der Waals surface area contributed by atoms with Gasteiger partial charge in [-0.2, -0.15) is 0 Å². The van der Waals surface area contributed by atoms with Gasteiger partial charge in [0, 0.05) is 0 Å². The van der Waals surface area contributed by atoms with Crippen molar-refractivity contribution in [2.75, 3.05) is 20.3 Å². The molecule has 0 aliphatic rings. The molecule has 1 aromatic rings. The van der Waals surface area contributed by atoms with Gasteiger partial charge in [-0.05, 0) is 0 Å². The van der Waals surface area contributed by atoms with Gasteiger partial charge in [0.05, 0.1) is 0 Å². The first-order chi connectivity index (χ1) is 8.80. The first-order valence-corrected chi connectivity index (χ1v) is 9.57. The predicted molar refractivity (Wildman–Crippen MR) is 67.2 cm³/mol. The van der Waals surface area contributed by atoms with Crippen LogP contribution in [-0.2, 0) is 10.5 Å². The molecule has 5 nitrogen and oxygen atoms in total. The normalized spacial score (nSPS) is 9.44. The van der Waals surface area contributed by atoms with E-state index in [2.05, 4.69) is 0 Å². The van der Waals surface area contributed by atoms with E-state index >= 15 is 0 Å². The summed E-state index contributed by atoms with van der Waals surface area (Å²) < 4.78 is 21.5. The molecule has 0 saturated carbocycles. The van der Waals surface area contributed by atoms with Gasteiger partial charge in [0.15, 0.2) is 0 Å². The van der Waals surface area contributed by atoms with Crippen LogP contribution in [0.1, 0.15) is 6.92 Å². The number of ether oxygens (including phenoxy) is 1. The Morgan fingerprint density at radius 1 is 1.22 bits per heavy atom. The van der Waals surface area contributed by atoms with Gasteiger partial charge in [-0.3, -0.25) is 0 Å². The van der Waals surface area contributed by atoms with Crippen molar-refractivity contribution in [3.63, 3.8) is 0 Å². The van der Waals surface area contributed by atoms with Gasteiger partial charge < -0.3 is 0 Å². The molecule has 0 saturated heterocycles. The van der Waals surface area contributed by atoms with Gasteiger partial charge in [-0.25, -0.2) is 0 Å². The Kier molecular flexibility index (Phi) is 7.60. The van der Waals surface area contributed by atoms with Crippen LogP contribution in [0.4, 0.5) is 0 Å². The van der Waals surface area contributed by atoms with Gasteiger partial charge in [0.1, 0.15) is 0 Å². The first-order valence-electron chi connectivity index (χ1n) is 5.53. The minimum absolute atomic E-state index is 0.181. The monoisotopic (exact) mass is 354 g/mol. The quantitative estimate of drug-likeness (QED) is 0.663. The molecule has 6 heteroatoms. The van der Waals surface area contributed by atoms with Crippen LogP contribution < -0.4 is 7.59 Å². The van der Waals surface area contributed by atoms with Crippen molar-refractivity contribution >= 4 is 28.7 Å². The van der Waals surface area contributed by atoms with Crippen molar-refractivity contribution in [2.24, 2.45) is 0 Å². The number of hydrogen-bond donors (Lipinski definition) is 0. The minimum atomic E-state index is -2.99. The van der Waals surface area contributed by atoms with Crippen molar-refractivity contribution in [3.05, 3.63) is 30.3 Å². The third kappa shape index (κ3) is 5.60. The topological polar surface area (TPSA) is 54.0 Å². The average molecular weight is 354 g/mol. The van der Waals surface area contributed by atoms with Crippen LogP contribution in [0.5, 0.6) is 11.5 Å². The van der Waals surface area contributed by atoms with Crippen molar-refractivity contribution in [3.8, 4) is 11.5 Å². The van der Waals surface area contributed by atoms with Gasteiger partial charge in [0.25, 0.3) is 0 Å². The summed E-state index contributed by atoms with van der Waals surface area (Å²) in [4.78, 5) is 10.0. The fourth-order valence-corrected chi connectivity index (χ4v) is 4.42. The zero-order chi connectivity index (χ0) is 13.2. The maximum atomic E-state index is 10.0. The predicted octanol–water partition coefficient (Wildman–Crippen LogP) is 1.50. The number of hydrogen-bond acceptors (Lipinski definition) is 5. The number of methoxy groups -OCH3 is 1. The van der Waals surface area contributed by atoms with E-state index < -0.39 is 22.7 Å². The van der Waals surface area contributed by atoms with E-state index in [0.29, 0.717) is 12.4 Å². The van der Waals surface area contributed by atoms with E-state index in [0.717, 1.165) is 5.75 Å². The summed E-state index contributed by atoms with van der Waals surface area (Å²) in [7, 11) is 1.60. The summed E-state index contributed by atoms with van der Waals surface area (Å²) in [6.07, 6.45) is 1.26. The summed E-state index contributed by atoms with van der Waals surface area (Å²) in [5.41, 5.74) is 0. The van der Waals surface area contributed by atoms with E-state index in [9.17, 15) is 4.79 Å². The molecular weight excluding hydrogens is 339 g/mol. The Balaban J connectivity index is 2.54. The third-order valence-corrected chi connectivity index (χ3v) is 6.37. The Hall–Kier alpha value is -0.940. The van der Waals surface area contributed by atoms with Crippen LogP contribution in [0.2, 0.25) is 0 Å². The van der Waals surface area contributed by atoms with Crippen molar-refractivity contribution in [2.45, 2.75) is 6.92 Å². The average Bonchev–Trinajstić information content (AvgIpc) is 2.40. The van der Waals surface area contributed by atoms with Gasteiger partial charge in [-0.1, -0.05) is 0 Å². The van der Waals surface area contributed by atoms with E-state index in [4.69, 9.17) is 13.3 Å². The Morgan fingerprint density at radius 2 is 1.89 bits per heavy atom. The standard InChI is InChI=1S/C7H8O2.C3H3O2.C2H5O.In/c1-9-7-4-2-6(8)3-5-7;4-2-1-3-5;1-2-3;/h2-5,8H,1H3;1H,2H2;2H2,1H3;/q;2*-1;+3/p-1. The molecule has 0 N–H and O–H groups in total. The van der Waals surface area contributed by atoms with Crippen molar-refractivity contribution in [1.82, 2.24) is 0 Å². The van der Waals surface area contributed by atoms with E-state index in [-0.39, 0.29) is 6.61 Å². The fraction of sp³-hybridized carbons (Fsp3) is 0.333. The zero-order valence-electron chi connectivity index (χ0n) is 10.4. The molecule has 0 amide bonds. The van der Waals surface area contributed by atoms with E-state index in [1.165, 1.54) is 6.08 Å².